The number of piperidine rings is 1. The molecule has 8 nitrogen and oxygen atoms in total. The summed E-state index contributed by atoms with van der Waals surface area (Å²) in [6.45, 7) is 8.80. The molecule has 2 heterocycles. The summed E-state index contributed by atoms with van der Waals surface area (Å²) in [5.41, 5.74) is 0.669. The molecule has 0 spiro atoms. The average Bonchev–Trinajstić information content (AvgIpc) is 3.23. The molecule has 8 heteroatoms. The first-order valence-electron chi connectivity index (χ1n) is 10.6. The van der Waals surface area contributed by atoms with Crippen LogP contribution < -0.4 is 10.1 Å². The number of methoxy groups -OCH3 is 1. The van der Waals surface area contributed by atoms with E-state index in [4.69, 9.17) is 9.47 Å². The van der Waals surface area contributed by atoms with E-state index in [0.29, 0.717) is 18.8 Å². The van der Waals surface area contributed by atoms with Crippen molar-refractivity contribution < 1.29 is 19.1 Å². The van der Waals surface area contributed by atoms with Crippen LogP contribution in [0.1, 0.15) is 51.0 Å². The highest BCUT2D eigenvalue weighted by Gasteiger charge is 2.31. The quantitative estimate of drug-likeness (QED) is 0.786. The predicted octanol–water partition coefficient (Wildman–Crippen LogP) is 3.65. The highest BCUT2D eigenvalue weighted by molar-refractivity contribution is 5.92. The zero-order valence-corrected chi connectivity index (χ0v) is 18.9. The minimum absolute atomic E-state index is 0.0936. The molecule has 1 fully saturated rings. The van der Waals surface area contributed by atoms with Crippen LogP contribution in [0, 0.1) is 5.92 Å². The van der Waals surface area contributed by atoms with E-state index in [1.807, 2.05) is 52.0 Å². The van der Waals surface area contributed by atoms with Crippen LogP contribution in [0.2, 0.25) is 0 Å². The highest BCUT2D eigenvalue weighted by atomic mass is 16.6. The lowest BCUT2D eigenvalue weighted by Crippen LogP contribution is -2.49. The summed E-state index contributed by atoms with van der Waals surface area (Å²) in [7, 11) is 1.62. The number of likely N-dealkylation sites (tertiary alicyclic amines) is 1. The van der Waals surface area contributed by atoms with Crippen molar-refractivity contribution in [3.8, 4) is 11.4 Å². The number of carbonyl (C=O) groups excluding carboxylic acids is 2. The van der Waals surface area contributed by atoms with E-state index < -0.39 is 5.60 Å². The van der Waals surface area contributed by atoms with Crippen LogP contribution in [0.4, 0.5) is 4.79 Å². The van der Waals surface area contributed by atoms with Crippen LogP contribution in [-0.4, -0.2) is 58.5 Å². The van der Waals surface area contributed by atoms with Crippen LogP contribution in [0.5, 0.6) is 5.75 Å². The molecule has 3 rings (SSSR count). The topological polar surface area (TPSA) is 85.7 Å². The Morgan fingerprint density at radius 3 is 2.55 bits per heavy atom. The second-order valence-corrected chi connectivity index (χ2v) is 8.93. The number of hydrogen-bond donors (Lipinski definition) is 1. The molecule has 2 amide bonds. The molecule has 1 saturated heterocycles. The van der Waals surface area contributed by atoms with Crippen molar-refractivity contribution in [1.29, 1.82) is 0 Å². The molecular formula is C23H32N4O4. The Labute approximate surface area is 183 Å². The number of carbonyl (C=O) groups is 2. The minimum atomic E-state index is -0.521. The first kappa shape index (κ1) is 22.7. The fourth-order valence-corrected chi connectivity index (χ4v) is 3.63. The van der Waals surface area contributed by atoms with Crippen LogP contribution in [0.15, 0.2) is 36.5 Å². The van der Waals surface area contributed by atoms with Gasteiger partial charge in [-0.3, -0.25) is 4.79 Å². The maximum atomic E-state index is 12.7. The second-order valence-electron chi connectivity index (χ2n) is 8.93. The molecule has 1 N–H and O–H groups in total. The van der Waals surface area contributed by atoms with Gasteiger partial charge in [-0.2, -0.15) is 5.10 Å². The van der Waals surface area contributed by atoms with Crippen molar-refractivity contribution >= 4 is 12.0 Å². The van der Waals surface area contributed by atoms with Crippen molar-refractivity contribution in [2.75, 3.05) is 20.2 Å². The SMILES string of the molecule is COc1ccc(-n2ccc(C(=O)N[C@@H](C)[C@H]3CCCN(C(=O)OC(C)(C)C)C3)n2)cc1. The maximum Gasteiger partial charge on any atom is 0.410 e. The van der Waals surface area contributed by atoms with Gasteiger partial charge in [-0.25, -0.2) is 9.48 Å². The summed E-state index contributed by atoms with van der Waals surface area (Å²) < 4.78 is 12.3. The third-order valence-corrected chi connectivity index (χ3v) is 5.33. The summed E-state index contributed by atoms with van der Waals surface area (Å²) in [5, 5.41) is 7.44. The minimum Gasteiger partial charge on any atom is -0.497 e. The van der Waals surface area contributed by atoms with Gasteiger partial charge in [0.1, 0.15) is 11.4 Å². The van der Waals surface area contributed by atoms with Gasteiger partial charge in [0.25, 0.3) is 5.91 Å². The van der Waals surface area contributed by atoms with E-state index in [0.717, 1.165) is 24.3 Å². The molecule has 1 aromatic carbocycles. The van der Waals surface area contributed by atoms with E-state index >= 15 is 0 Å². The number of nitrogens with one attached hydrogen (secondary N) is 1. The summed E-state index contributed by atoms with van der Waals surface area (Å²) in [4.78, 5) is 26.9. The van der Waals surface area contributed by atoms with E-state index in [-0.39, 0.29) is 24.0 Å². The van der Waals surface area contributed by atoms with Crippen molar-refractivity contribution in [3.63, 3.8) is 0 Å². The van der Waals surface area contributed by atoms with Crippen molar-refractivity contribution in [2.24, 2.45) is 5.92 Å². The van der Waals surface area contributed by atoms with Gasteiger partial charge >= 0.3 is 6.09 Å². The molecular weight excluding hydrogens is 396 g/mol. The molecule has 2 aromatic rings. The molecule has 1 aliphatic heterocycles. The van der Waals surface area contributed by atoms with Gasteiger partial charge in [0, 0.05) is 25.3 Å². The normalized spacial score (nSPS) is 17.7. The molecule has 0 unspecified atom stereocenters. The van der Waals surface area contributed by atoms with Crippen molar-refractivity contribution in [3.05, 3.63) is 42.2 Å². The summed E-state index contributed by atoms with van der Waals surface area (Å²) in [5.74, 6) is 0.693. The number of hydrogen-bond acceptors (Lipinski definition) is 5. The summed E-state index contributed by atoms with van der Waals surface area (Å²) >= 11 is 0. The molecule has 2 atom stereocenters. The van der Waals surface area contributed by atoms with Gasteiger partial charge in [0.2, 0.25) is 0 Å². The predicted molar refractivity (Wildman–Crippen MR) is 118 cm³/mol. The van der Waals surface area contributed by atoms with E-state index in [2.05, 4.69) is 10.4 Å². The average molecular weight is 429 g/mol. The zero-order valence-electron chi connectivity index (χ0n) is 18.9. The van der Waals surface area contributed by atoms with Gasteiger partial charge in [0.05, 0.1) is 12.8 Å². The molecule has 1 aromatic heterocycles. The van der Waals surface area contributed by atoms with Crippen molar-refractivity contribution in [2.45, 2.75) is 52.2 Å². The Hall–Kier alpha value is -3.03. The second kappa shape index (κ2) is 9.41. The Morgan fingerprint density at radius 1 is 1.19 bits per heavy atom. The van der Waals surface area contributed by atoms with Crippen molar-refractivity contribution in [1.82, 2.24) is 20.0 Å². The number of nitrogens with zero attached hydrogens (tertiary/aromatic N) is 3. The Morgan fingerprint density at radius 2 is 1.90 bits per heavy atom. The lowest BCUT2D eigenvalue weighted by molar-refractivity contribution is 0.0150. The smallest absolute Gasteiger partial charge is 0.410 e. The van der Waals surface area contributed by atoms with Crippen LogP contribution in [0.25, 0.3) is 5.69 Å². The number of rotatable bonds is 5. The lowest BCUT2D eigenvalue weighted by atomic mass is 9.91. The van der Waals surface area contributed by atoms with Gasteiger partial charge in [0.15, 0.2) is 5.69 Å². The zero-order chi connectivity index (χ0) is 22.6. The van der Waals surface area contributed by atoms with Gasteiger partial charge in [-0.05, 0) is 76.8 Å². The summed E-state index contributed by atoms with van der Waals surface area (Å²) in [6, 6.07) is 9.05. The summed E-state index contributed by atoms with van der Waals surface area (Å²) in [6.07, 6.45) is 3.29. The van der Waals surface area contributed by atoms with Crippen LogP contribution in [0.3, 0.4) is 0 Å². The third kappa shape index (κ3) is 5.99. The standard InChI is InChI=1S/C23H32N4O4/c1-16(17-7-6-13-26(15-17)22(29)31-23(2,3)4)24-21(28)20-12-14-27(25-20)18-8-10-19(30-5)11-9-18/h8-12,14,16-17H,6-7,13,15H2,1-5H3,(H,24,28)/t16-,17-/m0/s1. The monoisotopic (exact) mass is 428 g/mol. The number of ether oxygens (including phenoxy) is 2. The first-order chi connectivity index (χ1) is 14.7. The van der Waals surface area contributed by atoms with Gasteiger partial charge in [-0.1, -0.05) is 0 Å². The number of amides is 2. The fourth-order valence-electron chi connectivity index (χ4n) is 3.63. The van der Waals surface area contributed by atoms with E-state index in [1.165, 1.54) is 0 Å². The van der Waals surface area contributed by atoms with E-state index in [9.17, 15) is 9.59 Å². The molecule has 31 heavy (non-hydrogen) atoms. The Balaban J connectivity index is 1.58. The molecule has 1 aliphatic rings. The Bertz CT molecular complexity index is 901. The van der Waals surface area contributed by atoms with Gasteiger partial charge < -0.3 is 19.7 Å². The van der Waals surface area contributed by atoms with E-state index in [1.54, 1.807) is 29.0 Å². The van der Waals surface area contributed by atoms with Crippen LogP contribution >= 0.6 is 0 Å². The molecule has 168 valence electrons. The van der Waals surface area contributed by atoms with Crippen LogP contribution in [-0.2, 0) is 4.74 Å². The largest absolute Gasteiger partial charge is 0.497 e. The first-order valence-corrected chi connectivity index (χ1v) is 10.6. The molecule has 0 saturated carbocycles. The maximum absolute atomic E-state index is 12.7. The number of aromatic nitrogens is 2. The number of benzene rings is 1. The third-order valence-electron chi connectivity index (χ3n) is 5.33. The highest BCUT2D eigenvalue weighted by Crippen LogP contribution is 2.22. The Kier molecular flexibility index (Phi) is 6.87. The molecule has 0 bridgehead atoms. The lowest BCUT2D eigenvalue weighted by Gasteiger charge is -2.36. The molecule has 0 aliphatic carbocycles. The molecule has 0 radical (unpaired) electrons. The fraction of sp³-hybridized carbons (Fsp3) is 0.522. The van der Waals surface area contributed by atoms with Gasteiger partial charge in [-0.15, -0.1) is 0 Å².